The Labute approximate surface area is 88.3 Å². The number of rotatable bonds is 0. The summed E-state index contributed by atoms with van der Waals surface area (Å²) in [5.41, 5.74) is 3.90. The molecule has 0 bridgehead atoms. The third-order valence-corrected chi connectivity index (χ3v) is 3.40. The van der Waals surface area contributed by atoms with Crippen LogP contribution in [0.2, 0.25) is 0 Å². The van der Waals surface area contributed by atoms with Crippen LogP contribution in [0, 0.1) is 0 Å². The summed E-state index contributed by atoms with van der Waals surface area (Å²) in [5, 5.41) is 0. The number of hydrogen-bond acceptors (Lipinski definition) is 2. The number of carbonyl (C=O) groups is 2. The first-order chi connectivity index (χ1) is 7.25. The van der Waals surface area contributed by atoms with Gasteiger partial charge in [0.15, 0.2) is 11.6 Å². The lowest BCUT2D eigenvalue weighted by molar-refractivity contribution is 0.0923. The van der Waals surface area contributed by atoms with Gasteiger partial charge in [-0.1, -0.05) is 0 Å². The van der Waals surface area contributed by atoms with Gasteiger partial charge in [-0.3, -0.25) is 9.59 Å². The molecule has 2 heteroatoms. The number of ketones is 2. The van der Waals surface area contributed by atoms with Crippen LogP contribution in [0.1, 0.15) is 51.1 Å². The minimum absolute atomic E-state index is 0.00312. The second-order valence-corrected chi connectivity index (χ2v) is 4.40. The van der Waals surface area contributed by atoms with Crippen molar-refractivity contribution in [2.75, 3.05) is 0 Å². The van der Waals surface area contributed by atoms with Gasteiger partial charge in [-0.2, -0.15) is 0 Å². The zero-order chi connectivity index (χ0) is 10.4. The lowest BCUT2D eigenvalue weighted by atomic mass is 9.88. The standard InChI is InChI=1S/C13H12O2/c14-12-7-13(15)11-6-9-4-2-1-3-8(9)5-10(11)12/h5-6H,1-4,7H2. The van der Waals surface area contributed by atoms with E-state index in [1.807, 2.05) is 12.1 Å². The predicted octanol–water partition coefficient (Wildman–Crippen LogP) is 2.33. The van der Waals surface area contributed by atoms with E-state index in [-0.39, 0.29) is 18.0 Å². The van der Waals surface area contributed by atoms with Gasteiger partial charge in [0.25, 0.3) is 0 Å². The molecule has 1 aromatic rings. The Kier molecular flexibility index (Phi) is 1.78. The molecule has 2 nitrogen and oxygen atoms in total. The minimum atomic E-state index is 0.00312. The van der Waals surface area contributed by atoms with Crippen LogP contribution in [0.5, 0.6) is 0 Å². The Balaban J connectivity index is 2.20. The molecule has 0 fully saturated rings. The van der Waals surface area contributed by atoms with Crippen LogP contribution in [0.25, 0.3) is 0 Å². The van der Waals surface area contributed by atoms with Gasteiger partial charge in [-0.05, 0) is 48.9 Å². The van der Waals surface area contributed by atoms with Gasteiger partial charge in [0.1, 0.15) is 0 Å². The normalized spacial score (nSPS) is 18.9. The van der Waals surface area contributed by atoms with E-state index in [1.165, 1.54) is 24.0 Å². The predicted molar refractivity (Wildman–Crippen MR) is 56.4 cm³/mol. The van der Waals surface area contributed by atoms with E-state index in [9.17, 15) is 9.59 Å². The molecule has 0 atom stereocenters. The monoisotopic (exact) mass is 200 g/mol. The number of hydrogen-bond donors (Lipinski definition) is 0. The van der Waals surface area contributed by atoms with Crippen LogP contribution < -0.4 is 0 Å². The molecule has 0 saturated carbocycles. The van der Waals surface area contributed by atoms with E-state index in [1.54, 1.807) is 0 Å². The van der Waals surface area contributed by atoms with E-state index in [0.717, 1.165) is 12.8 Å². The summed E-state index contributed by atoms with van der Waals surface area (Å²) in [7, 11) is 0. The van der Waals surface area contributed by atoms with Crippen molar-refractivity contribution in [1.82, 2.24) is 0 Å². The number of benzene rings is 1. The van der Waals surface area contributed by atoms with Crippen molar-refractivity contribution in [1.29, 1.82) is 0 Å². The number of fused-ring (bicyclic) bond motifs is 2. The quantitative estimate of drug-likeness (QED) is 0.602. The lowest BCUT2D eigenvalue weighted by Gasteiger charge is -2.16. The molecule has 1 aromatic carbocycles. The van der Waals surface area contributed by atoms with Gasteiger partial charge in [0, 0.05) is 11.1 Å². The molecule has 0 saturated heterocycles. The second-order valence-electron chi connectivity index (χ2n) is 4.40. The van der Waals surface area contributed by atoms with Crippen LogP contribution in [-0.4, -0.2) is 11.6 Å². The molecular formula is C13H12O2. The summed E-state index contributed by atoms with van der Waals surface area (Å²) in [6, 6.07) is 3.91. The maximum Gasteiger partial charge on any atom is 0.171 e. The van der Waals surface area contributed by atoms with E-state index >= 15 is 0 Å². The van der Waals surface area contributed by atoms with Crippen molar-refractivity contribution in [3.05, 3.63) is 34.4 Å². The van der Waals surface area contributed by atoms with E-state index < -0.39 is 0 Å². The molecule has 0 aliphatic heterocycles. The molecule has 0 N–H and O–H groups in total. The molecule has 2 aliphatic carbocycles. The molecule has 0 spiro atoms. The van der Waals surface area contributed by atoms with E-state index in [0.29, 0.717) is 11.1 Å². The number of Topliss-reactive ketones (excluding diaryl/α,β-unsaturated/α-hetero) is 2. The summed E-state index contributed by atoms with van der Waals surface area (Å²) in [6.07, 6.45) is 4.61. The van der Waals surface area contributed by atoms with Crippen LogP contribution in [0.4, 0.5) is 0 Å². The Morgan fingerprint density at radius 2 is 1.27 bits per heavy atom. The highest BCUT2D eigenvalue weighted by Crippen LogP contribution is 2.29. The average Bonchev–Trinajstić information content (AvgIpc) is 2.52. The summed E-state index contributed by atoms with van der Waals surface area (Å²) in [4.78, 5) is 23.1. The first kappa shape index (κ1) is 8.84. The SMILES string of the molecule is O=C1CC(=O)c2cc3c(cc21)CCCC3. The van der Waals surface area contributed by atoms with Crippen molar-refractivity contribution in [3.8, 4) is 0 Å². The summed E-state index contributed by atoms with van der Waals surface area (Å²) in [5.74, 6) is 0.00625. The average molecular weight is 200 g/mol. The Morgan fingerprint density at radius 1 is 0.800 bits per heavy atom. The molecule has 0 radical (unpaired) electrons. The van der Waals surface area contributed by atoms with Crippen LogP contribution >= 0.6 is 0 Å². The molecular weight excluding hydrogens is 188 g/mol. The van der Waals surface area contributed by atoms with Crippen LogP contribution in [0.3, 0.4) is 0 Å². The second kappa shape index (κ2) is 3.02. The van der Waals surface area contributed by atoms with Crippen molar-refractivity contribution in [3.63, 3.8) is 0 Å². The van der Waals surface area contributed by atoms with Crippen molar-refractivity contribution in [2.45, 2.75) is 32.1 Å². The van der Waals surface area contributed by atoms with Crippen LogP contribution in [0.15, 0.2) is 12.1 Å². The molecule has 3 rings (SSSR count). The van der Waals surface area contributed by atoms with Gasteiger partial charge in [-0.15, -0.1) is 0 Å². The fraction of sp³-hybridized carbons (Fsp3) is 0.385. The lowest BCUT2D eigenvalue weighted by Crippen LogP contribution is -2.05. The van der Waals surface area contributed by atoms with Gasteiger partial charge < -0.3 is 0 Å². The number of aryl methyl sites for hydroxylation is 2. The molecule has 76 valence electrons. The summed E-state index contributed by atoms with van der Waals surface area (Å²) < 4.78 is 0. The first-order valence-corrected chi connectivity index (χ1v) is 5.48. The highest BCUT2D eigenvalue weighted by Gasteiger charge is 2.28. The van der Waals surface area contributed by atoms with E-state index in [2.05, 4.69) is 0 Å². The number of carbonyl (C=O) groups excluding carboxylic acids is 2. The van der Waals surface area contributed by atoms with Gasteiger partial charge in [0.2, 0.25) is 0 Å². The third kappa shape index (κ3) is 1.24. The third-order valence-electron chi connectivity index (χ3n) is 3.40. The Morgan fingerprint density at radius 3 is 1.73 bits per heavy atom. The molecule has 0 amide bonds. The maximum absolute atomic E-state index is 11.5. The van der Waals surface area contributed by atoms with Gasteiger partial charge in [-0.25, -0.2) is 0 Å². The van der Waals surface area contributed by atoms with Gasteiger partial charge >= 0.3 is 0 Å². The topological polar surface area (TPSA) is 34.1 Å². The molecule has 0 unspecified atom stereocenters. The summed E-state index contributed by atoms with van der Waals surface area (Å²) >= 11 is 0. The highest BCUT2D eigenvalue weighted by molar-refractivity contribution is 6.24. The fourth-order valence-corrected chi connectivity index (χ4v) is 2.58. The van der Waals surface area contributed by atoms with Crippen molar-refractivity contribution in [2.24, 2.45) is 0 Å². The van der Waals surface area contributed by atoms with E-state index in [4.69, 9.17) is 0 Å². The Bertz CT molecular complexity index is 429. The highest BCUT2D eigenvalue weighted by atomic mass is 16.2. The fourth-order valence-electron chi connectivity index (χ4n) is 2.58. The molecule has 0 aromatic heterocycles. The van der Waals surface area contributed by atoms with Crippen LogP contribution in [-0.2, 0) is 12.8 Å². The first-order valence-electron chi connectivity index (χ1n) is 5.48. The van der Waals surface area contributed by atoms with Crippen molar-refractivity contribution >= 4 is 11.6 Å². The molecule has 15 heavy (non-hydrogen) atoms. The smallest absolute Gasteiger partial charge is 0.171 e. The van der Waals surface area contributed by atoms with Crippen molar-refractivity contribution < 1.29 is 9.59 Å². The molecule has 2 aliphatic rings. The zero-order valence-electron chi connectivity index (χ0n) is 8.51. The summed E-state index contributed by atoms with van der Waals surface area (Å²) in [6.45, 7) is 0. The zero-order valence-corrected chi connectivity index (χ0v) is 8.51. The minimum Gasteiger partial charge on any atom is -0.294 e. The molecule has 0 heterocycles. The maximum atomic E-state index is 11.5. The largest absolute Gasteiger partial charge is 0.294 e. The Hall–Kier alpha value is -1.44. The van der Waals surface area contributed by atoms with Gasteiger partial charge in [0.05, 0.1) is 6.42 Å².